The zero-order chi connectivity index (χ0) is 20.6. The number of carbonyl (C=O) groups is 1. The van der Waals surface area contributed by atoms with E-state index in [1.165, 1.54) is 9.21 Å². The Bertz CT molecular complexity index is 786. The SMILES string of the molecule is C[C@@H]1CN(C(=O)OC(C)(C)C)CCN1S(=O)(=O)c1ccc(C(F)(F)F)cc1. The van der Waals surface area contributed by atoms with Gasteiger partial charge in [0.1, 0.15) is 5.60 Å². The molecule has 0 aliphatic carbocycles. The Balaban J connectivity index is 2.13. The molecule has 0 unspecified atom stereocenters. The molecule has 1 aliphatic rings. The zero-order valence-electron chi connectivity index (χ0n) is 15.6. The Morgan fingerprint density at radius 3 is 2.11 bits per heavy atom. The van der Waals surface area contributed by atoms with Gasteiger partial charge in [-0.3, -0.25) is 0 Å². The quantitative estimate of drug-likeness (QED) is 0.753. The second-order valence-electron chi connectivity index (χ2n) is 7.41. The van der Waals surface area contributed by atoms with Crippen molar-refractivity contribution in [3.63, 3.8) is 0 Å². The first-order chi connectivity index (χ1) is 12.2. The van der Waals surface area contributed by atoms with Gasteiger partial charge in [0.15, 0.2) is 0 Å². The molecule has 1 atom stereocenters. The van der Waals surface area contributed by atoms with Crippen molar-refractivity contribution in [1.29, 1.82) is 0 Å². The van der Waals surface area contributed by atoms with Crippen LogP contribution in [0.25, 0.3) is 0 Å². The Labute approximate surface area is 156 Å². The molecule has 0 radical (unpaired) electrons. The van der Waals surface area contributed by atoms with Gasteiger partial charge in [0.25, 0.3) is 0 Å². The number of halogens is 3. The van der Waals surface area contributed by atoms with E-state index in [2.05, 4.69) is 0 Å². The summed E-state index contributed by atoms with van der Waals surface area (Å²) in [6, 6.07) is 2.85. The van der Waals surface area contributed by atoms with E-state index in [-0.39, 0.29) is 24.5 Å². The van der Waals surface area contributed by atoms with Crippen molar-refractivity contribution in [1.82, 2.24) is 9.21 Å². The van der Waals surface area contributed by atoms with Crippen LogP contribution in [0.15, 0.2) is 29.2 Å². The normalized spacial score (nSPS) is 19.8. The van der Waals surface area contributed by atoms with Crippen LogP contribution in [0, 0.1) is 0 Å². The van der Waals surface area contributed by atoms with Crippen LogP contribution in [0.1, 0.15) is 33.3 Å². The number of carbonyl (C=O) groups excluding carboxylic acids is 1. The van der Waals surface area contributed by atoms with Crippen LogP contribution < -0.4 is 0 Å². The smallest absolute Gasteiger partial charge is 0.416 e. The largest absolute Gasteiger partial charge is 0.444 e. The lowest BCUT2D eigenvalue weighted by Crippen LogP contribution is -2.55. The van der Waals surface area contributed by atoms with E-state index in [1.54, 1.807) is 27.7 Å². The third-order valence-electron chi connectivity index (χ3n) is 4.01. The molecule has 2 rings (SSSR count). The molecule has 0 aromatic heterocycles. The first-order valence-corrected chi connectivity index (χ1v) is 9.83. The lowest BCUT2D eigenvalue weighted by atomic mass is 10.2. The predicted octanol–water partition coefficient (Wildman–Crippen LogP) is 3.34. The second-order valence-corrected chi connectivity index (χ2v) is 9.30. The predicted molar refractivity (Wildman–Crippen MR) is 92.6 cm³/mol. The van der Waals surface area contributed by atoms with E-state index in [0.29, 0.717) is 0 Å². The number of nitrogens with zero attached hydrogens (tertiary/aromatic N) is 2. The van der Waals surface area contributed by atoms with Crippen molar-refractivity contribution >= 4 is 16.1 Å². The minimum atomic E-state index is -4.53. The standard InChI is InChI=1S/C17H23F3N2O4S/c1-12-11-21(15(23)26-16(2,3)4)9-10-22(12)27(24,25)14-7-5-13(6-8-14)17(18,19)20/h5-8,12H,9-11H2,1-4H3/t12-/m1/s1. The number of benzene rings is 1. The van der Waals surface area contributed by atoms with E-state index >= 15 is 0 Å². The van der Waals surface area contributed by atoms with Crippen molar-refractivity contribution in [3.8, 4) is 0 Å². The number of amides is 1. The molecule has 1 fully saturated rings. The van der Waals surface area contributed by atoms with Gasteiger partial charge in [0, 0.05) is 25.7 Å². The Morgan fingerprint density at radius 1 is 1.11 bits per heavy atom. The highest BCUT2D eigenvalue weighted by molar-refractivity contribution is 7.89. The molecule has 1 aliphatic heterocycles. The van der Waals surface area contributed by atoms with Gasteiger partial charge < -0.3 is 9.64 Å². The summed E-state index contributed by atoms with van der Waals surface area (Å²) in [5.41, 5.74) is -1.58. The van der Waals surface area contributed by atoms with Crippen molar-refractivity contribution < 1.29 is 31.1 Å². The summed E-state index contributed by atoms with van der Waals surface area (Å²) in [5, 5.41) is 0. The molecular weight excluding hydrogens is 385 g/mol. The summed E-state index contributed by atoms with van der Waals surface area (Å²) in [6.07, 6.45) is -5.06. The molecule has 0 saturated carbocycles. The molecule has 1 aromatic rings. The number of hydrogen-bond donors (Lipinski definition) is 0. The van der Waals surface area contributed by atoms with Crippen molar-refractivity contribution in [2.24, 2.45) is 0 Å². The Morgan fingerprint density at radius 2 is 1.67 bits per heavy atom. The summed E-state index contributed by atoms with van der Waals surface area (Å²) in [7, 11) is -3.97. The number of sulfonamides is 1. The number of hydrogen-bond acceptors (Lipinski definition) is 4. The second kappa shape index (κ2) is 7.31. The minimum Gasteiger partial charge on any atom is -0.444 e. The average molecular weight is 408 g/mol. The third-order valence-corrected chi connectivity index (χ3v) is 6.03. The molecule has 1 heterocycles. The van der Waals surface area contributed by atoms with Crippen molar-refractivity contribution in [2.75, 3.05) is 19.6 Å². The molecule has 27 heavy (non-hydrogen) atoms. The minimum absolute atomic E-state index is 0.0315. The highest BCUT2D eigenvalue weighted by Crippen LogP contribution is 2.30. The molecule has 0 N–H and O–H groups in total. The lowest BCUT2D eigenvalue weighted by molar-refractivity contribution is -0.137. The van der Waals surface area contributed by atoms with Crippen LogP contribution in [0.3, 0.4) is 0 Å². The van der Waals surface area contributed by atoms with Gasteiger partial charge in [0.05, 0.1) is 10.5 Å². The number of rotatable bonds is 2. The Hall–Kier alpha value is -1.81. The van der Waals surface area contributed by atoms with Gasteiger partial charge in [-0.2, -0.15) is 17.5 Å². The molecule has 6 nitrogen and oxygen atoms in total. The fourth-order valence-electron chi connectivity index (χ4n) is 2.74. The van der Waals surface area contributed by atoms with E-state index in [1.807, 2.05) is 0 Å². The van der Waals surface area contributed by atoms with Crippen LogP contribution in [0.5, 0.6) is 0 Å². The molecule has 152 valence electrons. The zero-order valence-corrected chi connectivity index (χ0v) is 16.4. The van der Waals surface area contributed by atoms with E-state index in [9.17, 15) is 26.4 Å². The van der Waals surface area contributed by atoms with Gasteiger partial charge >= 0.3 is 12.3 Å². The molecule has 0 spiro atoms. The number of alkyl halides is 3. The fourth-order valence-corrected chi connectivity index (χ4v) is 4.35. The molecule has 1 aromatic carbocycles. The highest BCUT2D eigenvalue weighted by atomic mass is 32.2. The summed E-state index contributed by atoms with van der Waals surface area (Å²) in [5.74, 6) is 0. The maximum atomic E-state index is 12.8. The van der Waals surface area contributed by atoms with Crippen molar-refractivity contribution in [3.05, 3.63) is 29.8 Å². The summed E-state index contributed by atoms with van der Waals surface area (Å²) in [4.78, 5) is 13.4. The molecule has 1 saturated heterocycles. The van der Waals surface area contributed by atoms with Crippen molar-refractivity contribution in [2.45, 2.75) is 50.4 Å². The molecular formula is C17H23F3N2O4S. The fraction of sp³-hybridized carbons (Fsp3) is 0.588. The van der Waals surface area contributed by atoms with Crippen LogP contribution in [0.2, 0.25) is 0 Å². The number of piperazine rings is 1. The van der Waals surface area contributed by atoms with Gasteiger partial charge in [-0.25, -0.2) is 13.2 Å². The Kier molecular flexibility index (Phi) is 5.82. The summed E-state index contributed by atoms with van der Waals surface area (Å²) < 4.78 is 70.0. The summed E-state index contributed by atoms with van der Waals surface area (Å²) in [6.45, 7) is 7.15. The third kappa shape index (κ3) is 5.13. The topological polar surface area (TPSA) is 66.9 Å². The van der Waals surface area contributed by atoms with E-state index in [0.717, 1.165) is 24.3 Å². The summed E-state index contributed by atoms with van der Waals surface area (Å²) >= 11 is 0. The van der Waals surface area contributed by atoms with Gasteiger partial charge in [0.2, 0.25) is 10.0 Å². The van der Waals surface area contributed by atoms with Gasteiger partial charge in [-0.15, -0.1) is 0 Å². The average Bonchev–Trinajstić information content (AvgIpc) is 2.52. The maximum absolute atomic E-state index is 12.8. The monoisotopic (exact) mass is 408 g/mol. The highest BCUT2D eigenvalue weighted by Gasteiger charge is 2.37. The van der Waals surface area contributed by atoms with Gasteiger partial charge in [-0.05, 0) is 52.0 Å². The first kappa shape index (κ1) is 21.5. The van der Waals surface area contributed by atoms with E-state index in [4.69, 9.17) is 4.74 Å². The van der Waals surface area contributed by atoms with Crippen LogP contribution in [-0.4, -0.2) is 55.0 Å². The van der Waals surface area contributed by atoms with Crippen LogP contribution in [-0.2, 0) is 20.9 Å². The van der Waals surface area contributed by atoms with Crippen LogP contribution in [0.4, 0.5) is 18.0 Å². The molecule has 0 bridgehead atoms. The lowest BCUT2D eigenvalue weighted by Gasteiger charge is -2.39. The van der Waals surface area contributed by atoms with Gasteiger partial charge in [-0.1, -0.05) is 0 Å². The maximum Gasteiger partial charge on any atom is 0.416 e. The number of ether oxygens (including phenoxy) is 1. The first-order valence-electron chi connectivity index (χ1n) is 8.39. The van der Waals surface area contributed by atoms with E-state index < -0.39 is 39.5 Å². The molecule has 1 amide bonds. The molecule has 10 heteroatoms. The van der Waals surface area contributed by atoms with Crippen LogP contribution >= 0.6 is 0 Å².